The fourth-order valence-electron chi connectivity index (χ4n) is 2.10. The van der Waals surface area contributed by atoms with Crippen LogP contribution in [-0.2, 0) is 0 Å². The topological polar surface area (TPSA) is 121 Å². The maximum atomic E-state index is 11.6. The van der Waals surface area contributed by atoms with Gasteiger partial charge in [0, 0.05) is 18.1 Å². The van der Waals surface area contributed by atoms with E-state index in [1.54, 1.807) is 32.2 Å². The van der Waals surface area contributed by atoms with E-state index in [1.807, 2.05) is 12.1 Å². The SMILES string of the molecule is CC(C)c1ccc(OC(=O)c2ncc[nH]2)cc1.Cc1nc(C(=O)O)[nH]c1C. The number of hydrogen-bond acceptors (Lipinski definition) is 5. The predicted molar refractivity (Wildman–Crippen MR) is 99.1 cm³/mol. The van der Waals surface area contributed by atoms with Crippen LogP contribution in [0.4, 0.5) is 0 Å². The van der Waals surface area contributed by atoms with Crippen molar-refractivity contribution in [2.24, 2.45) is 0 Å². The number of H-pyrrole nitrogens is 2. The van der Waals surface area contributed by atoms with E-state index in [4.69, 9.17) is 9.84 Å². The number of aromatic amines is 2. The lowest BCUT2D eigenvalue weighted by Crippen LogP contribution is -2.10. The van der Waals surface area contributed by atoms with Gasteiger partial charge >= 0.3 is 11.9 Å². The second kappa shape index (κ2) is 8.79. The summed E-state index contributed by atoms with van der Waals surface area (Å²) in [6.07, 6.45) is 3.09. The fourth-order valence-corrected chi connectivity index (χ4v) is 2.10. The average molecular weight is 370 g/mol. The van der Waals surface area contributed by atoms with Crippen LogP contribution in [0.25, 0.3) is 0 Å². The van der Waals surface area contributed by atoms with E-state index in [-0.39, 0.29) is 11.6 Å². The summed E-state index contributed by atoms with van der Waals surface area (Å²) >= 11 is 0. The van der Waals surface area contributed by atoms with E-state index >= 15 is 0 Å². The average Bonchev–Trinajstić information content (AvgIpc) is 3.27. The molecule has 0 aliphatic carbocycles. The standard InChI is InChI=1S/C13H14N2O2.C6H8N2O2/c1-9(2)10-3-5-11(6-4-10)17-13(16)12-14-7-8-15-12;1-3-4(2)8-5(7-3)6(9)10/h3-9H,1-2H3,(H,14,15);1-2H3,(H,7,8)(H,9,10). The summed E-state index contributed by atoms with van der Waals surface area (Å²) in [5.74, 6) is -0.294. The molecule has 0 unspecified atom stereocenters. The van der Waals surface area contributed by atoms with Crippen LogP contribution < -0.4 is 4.74 Å². The number of carbonyl (C=O) groups is 2. The first-order valence-corrected chi connectivity index (χ1v) is 8.36. The van der Waals surface area contributed by atoms with Crippen molar-refractivity contribution in [3.63, 3.8) is 0 Å². The number of imidazole rings is 2. The molecule has 0 saturated carbocycles. The summed E-state index contributed by atoms with van der Waals surface area (Å²) < 4.78 is 5.16. The highest BCUT2D eigenvalue weighted by Gasteiger charge is 2.10. The zero-order valence-corrected chi connectivity index (χ0v) is 15.6. The Morgan fingerprint density at radius 1 is 1.11 bits per heavy atom. The van der Waals surface area contributed by atoms with E-state index in [9.17, 15) is 9.59 Å². The molecule has 3 rings (SSSR count). The molecule has 0 radical (unpaired) electrons. The summed E-state index contributed by atoms with van der Waals surface area (Å²) in [7, 11) is 0. The summed E-state index contributed by atoms with van der Waals surface area (Å²) in [5, 5.41) is 8.43. The van der Waals surface area contributed by atoms with Crippen LogP contribution in [0.5, 0.6) is 5.75 Å². The fraction of sp³-hybridized carbons (Fsp3) is 0.263. The largest absolute Gasteiger partial charge is 0.475 e. The van der Waals surface area contributed by atoms with Gasteiger partial charge in [-0.05, 0) is 37.5 Å². The molecule has 0 aliphatic rings. The van der Waals surface area contributed by atoms with Gasteiger partial charge in [0.05, 0.1) is 5.69 Å². The maximum Gasteiger partial charge on any atom is 0.379 e. The van der Waals surface area contributed by atoms with Gasteiger partial charge in [0.2, 0.25) is 11.6 Å². The molecule has 0 fully saturated rings. The predicted octanol–water partition coefficient (Wildman–Crippen LogP) is 3.48. The van der Waals surface area contributed by atoms with Crippen molar-refractivity contribution in [3.8, 4) is 5.75 Å². The Balaban J connectivity index is 0.000000223. The van der Waals surface area contributed by atoms with Crippen molar-refractivity contribution >= 4 is 11.9 Å². The molecule has 0 spiro atoms. The lowest BCUT2D eigenvalue weighted by Gasteiger charge is -2.06. The van der Waals surface area contributed by atoms with Gasteiger partial charge in [-0.25, -0.2) is 19.6 Å². The molecule has 0 bridgehead atoms. The van der Waals surface area contributed by atoms with Gasteiger partial charge in [-0.15, -0.1) is 0 Å². The van der Waals surface area contributed by atoms with E-state index in [0.717, 1.165) is 11.4 Å². The van der Waals surface area contributed by atoms with Gasteiger partial charge in [0.1, 0.15) is 5.75 Å². The van der Waals surface area contributed by atoms with Crippen LogP contribution in [0, 0.1) is 13.8 Å². The summed E-state index contributed by atoms with van der Waals surface area (Å²) in [6, 6.07) is 7.48. The lowest BCUT2D eigenvalue weighted by atomic mass is 10.0. The number of nitrogens with one attached hydrogen (secondary N) is 2. The molecule has 2 aromatic heterocycles. The molecule has 0 atom stereocenters. The molecule has 8 nitrogen and oxygen atoms in total. The highest BCUT2D eigenvalue weighted by molar-refractivity contribution is 5.87. The number of benzene rings is 1. The van der Waals surface area contributed by atoms with Gasteiger partial charge < -0.3 is 19.8 Å². The van der Waals surface area contributed by atoms with Crippen molar-refractivity contribution in [2.45, 2.75) is 33.6 Å². The molecular weight excluding hydrogens is 348 g/mol. The third-order valence-electron chi connectivity index (χ3n) is 3.78. The number of carboxylic acids is 1. The zero-order valence-electron chi connectivity index (χ0n) is 15.6. The smallest absolute Gasteiger partial charge is 0.379 e. The van der Waals surface area contributed by atoms with Crippen LogP contribution >= 0.6 is 0 Å². The molecule has 8 heteroatoms. The van der Waals surface area contributed by atoms with Gasteiger partial charge in [0.15, 0.2) is 0 Å². The second-order valence-electron chi connectivity index (χ2n) is 6.15. The number of aryl methyl sites for hydroxylation is 2. The molecule has 2 heterocycles. The summed E-state index contributed by atoms with van der Waals surface area (Å²) in [5.41, 5.74) is 2.75. The van der Waals surface area contributed by atoms with Gasteiger partial charge in [-0.2, -0.15) is 0 Å². The number of carboxylic acid groups (broad SMARTS) is 1. The van der Waals surface area contributed by atoms with Crippen molar-refractivity contribution < 1.29 is 19.4 Å². The van der Waals surface area contributed by atoms with Crippen molar-refractivity contribution in [3.05, 3.63) is 65.3 Å². The zero-order chi connectivity index (χ0) is 20.0. The van der Waals surface area contributed by atoms with E-state index in [1.165, 1.54) is 11.8 Å². The van der Waals surface area contributed by atoms with Crippen LogP contribution in [0.2, 0.25) is 0 Å². The molecule has 27 heavy (non-hydrogen) atoms. The van der Waals surface area contributed by atoms with Crippen molar-refractivity contribution in [1.29, 1.82) is 0 Å². The number of ether oxygens (including phenoxy) is 1. The number of aromatic nitrogens is 4. The van der Waals surface area contributed by atoms with E-state index in [0.29, 0.717) is 11.7 Å². The molecule has 0 saturated heterocycles. The minimum atomic E-state index is -1.02. The van der Waals surface area contributed by atoms with Crippen LogP contribution in [0.15, 0.2) is 36.7 Å². The Labute approximate surface area is 156 Å². The first-order valence-electron chi connectivity index (χ1n) is 8.36. The molecule has 142 valence electrons. The Hall–Kier alpha value is -3.42. The molecule has 0 amide bonds. The van der Waals surface area contributed by atoms with Gasteiger partial charge in [-0.1, -0.05) is 26.0 Å². The van der Waals surface area contributed by atoms with Crippen LogP contribution in [0.3, 0.4) is 0 Å². The number of nitrogens with zero attached hydrogens (tertiary/aromatic N) is 2. The third-order valence-corrected chi connectivity index (χ3v) is 3.78. The van der Waals surface area contributed by atoms with Crippen molar-refractivity contribution in [1.82, 2.24) is 19.9 Å². The number of rotatable bonds is 4. The molecule has 3 aromatic rings. The molecule has 1 aromatic carbocycles. The Morgan fingerprint density at radius 3 is 2.19 bits per heavy atom. The van der Waals surface area contributed by atoms with E-state index in [2.05, 4.69) is 33.8 Å². The Kier molecular flexibility index (Phi) is 6.48. The normalized spacial score (nSPS) is 10.3. The highest BCUT2D eigenvalue weighted by atomic mass is 16.5. The van der Waals surface area contributed by atoms with Crippen LogP contribution in [0.1, 0.15) is 58.0 Å². The Bertz CT molecular complexity index is 877. The highest BCUT2D eigenvalue weighted by Crippen LogP contribution is 2.19. The van der Waals surface area contributed by atoms with Gasteiger partial charge in [0.25, 0.3) is 0 Å². The molecule has 0 aliphatic heterocycles. The number of esters is 1. The van der Waals surface area contributed by atoms with E-state index < -0.39 is 11.9 Å². The number of aromatic carboxylic acids is 1. The number of hydrogen-bond donors (Lipinski definition) is 3. The van der Waals surface area contributed by atoms with Crippen LogP contribution in [-0.4, -0.2) is 37.0 Å². The summed E-state index contributed by atoms with van der Waals surface area (Å²) in [4.78, 5) is 34.8. The van der Waals surface area contributed by atoms with Crippen molar-refractivity contribution in [2.75, 3.05) is 0 Å². The molecular formula is C19H22N4O4. The minimum Gasteiger partial charge on any atom is -0.475 e. The Morgan fingerprint density at radius 2 is 1.78 bits per heavy atom. The first kappa shape index (κ1) is 19.9. The quantitative estimate of drug-likeness (QED) is 0.477. The van der Waals surface area contributed by atoms with Gasteiger partial charge in [-0.3, -0.25) is 0 Å². The molecule has 3 N–H and O–H groups in total. The lowest BCUT2D eigenvalue weighted by molar-refractivity contribution is 0.0682. The first-order chi connectivity index (χ1) is 12.8. The second-order valence-corrected chi connectivity index (χ2v) is 6.15. The monoisotopic (exact) mass is 370 g/mol. The number of carbonyl (C=O) groups excluding carboxylic acids is 1. The maximum absolute atomic E-state index is 11.6. The minimum absolute atomic E-state index is 0.00926. The third kappa shape index (κ3) is 5.53. The summed E-state index contributed by atoms with van der Waals surface area (Å²) in [6.45, 7) is 7.78.